The molecular formula is C12H14N2O. The lowest BCUT2D eigenvalue weighted by Gasteiger charge is -2.09. The Labute approximate surface area is 89.7 Å². The van der Waals surface area contributed by atoms with E-state index in [2.05, 4.69) is 5.32 Å². The molecule has 0 bridgehead atoms. The van der Waals surface area contributed by atoms with Gasteiger partial charge in [-0.15, -0.1) is 0 Å². The summed E-state index contributed by atoms with van der Waals surface area (Å²) in [5, 5.41) is 11.9. The van der Waals surface area contributed by atoms with Gasteiger partial charge < -0.3 is 10.1 Å². The van der Waals surface area contributed by atoms with Crippen LogP contribution in [-0.2, 0) is 6.54 Å². The fourth-order valence-corrected chi connectivity index (χ4v) is 1.44. The van der Waals surface area contributed by atoms with Crippen LogP contribution in [0.3, 0.4) is 0 Å². The number of rotatable bonds is 5. The Bertz CT molecular complexity index is 366. The van der Waals surface area contributed by atoms with Crippen molar-refractivity contribution in [3.63, 3.8) is 0 Å². The minimum absolute atomic E-state index is 0.112. The number of nitrogens with zero attached hydrogens (tertiary/aromatic N) is 1. The molecule has 0 unspecified atom stereocenters. The van der Waals surface area contributed by atoms with Crippen LogP contribution in [0.25, 0.3) is 0 Å². The summed E-state index contributed by atoms with van der Waals surface area (Å²) in [6.07, 6.45) is 2.56. The number of hydrogen-bond donors (Lipinski definition) is 1. The highest BCUT2D eigenvalue weighted by Gasteiger charge is 2.20. The molecule has 0 radical (unpaired) electrons. The number of nitrogens with one attached hydrogen (secondary N) is 1. The first-order valence-electron chi connectivity index (χ1n) is 5.21. The molecule has 15 heavy (non-hydrogen) atoms. The summed E-state index contributed by atoms with van der Waals surface area (Å²) in [5.41, 5.74) is 1.12. The van der Waals surface area contributed by atoms with Gasteiger partial charge in [0.15, 0.2) is 6.61 Å². The quantitative estimate of drug-likeness (QED) is 0.792. The number of nitriles is 1. The summed E-state index contributed by atoms with van der Waals surface area (Å²) in [4.78, 5) is 0. The molecule has 0 atom stereocenters. The van der Waals surface area contributed by atoms with Crippen molar-refractivity contribution in [2.24, 2.45) is 0 Å². The molecule has 3 nitrogen and oxygen atoms in total. The minimum Gasteiger partial charge on any atom is -0.478 e. The van der Waals surface area contributed by atoms with E-state index in [1.54, 1.807) is 0 Å². The molecule has 0 aromatic heterocycles. The van der Waals surface area contributed by atoms with Crippen molar-refractivity contribution >= 4 is 0 Å². The summed E-state index contributed by atoms with van der Waals surface area (Å²) in [7, 11) is 0. The molecule has 1 aromatic carbocycles. The maximum atomic E-state index is 8.46. The van der Waals surface area contributed by atoms with Crippen molar-refractivity contribution in [3.8, 4) is 11.8 Å². The van der Waals surface area contributed by atoms with Crippen molar-refractivity contribution in [2.75, 3.05) is 6.61 Å². The predicted octanol–water partition coefficient (Wildman–Crippen LogP) is 1.84. The molecule has 0 heterocycles. The third-order valence-electron chi connectivity index (χ3n) is 2.42. The number of hydrogen-bond acceptors (Lipinski definition) is 3. The first kappa shape index (κ1) is 10.0. The molecule has 1 aliphatic carbocycles. The molecule has 0 aliphatic heterocycles. The second-order valence-electron chi connectivity index (χ2n) is 3.71. The SMILES string of the molecule is N#CCOc1ccccc1CNC1CC1. The summed E-state index contributed by atoms with van der Waals surface area (Å²) in [6, 6.07) is 10.5. The lowest BCUT2D eigenvalue weighted by molar-refractivity contribution is 0.362. The van der Waals surface area contributed by atoms with Gasteiger partial charge in [0.25, 0.3) is 0 Å². The van der Waals surface area contributed by atoms with Gasteiger partial charge in [0, 0.05) is 18.2 Å². The first-order valence-corrected chi connectivity index (χ1v) is 5.21. The fourth-order valence-electron chi connectivity index (χ4n) is 1.44. The molecule has 0 spiro atoms. The van der Waals surface area contributed by atoms with Crippen LogP contribution in [-0.4, -0.2) is 12.6 Å². The van der Waals surface area contributed by atoms with E-state index in [4.69, 9.17) is 10.00 Å². The van der Waals surface area contributed by atoms with E-state index in [0.717, 1.165) is 17.9 Å². The zero-order chi connectivity index (χ0) is 10.5. The van der Waals surface area contributed by atoms with Crippen LogP contribution in [0.5, 0.6) is 5.75 Å². The molecule has 0 saturated heterocycles. The van der Waals surface area contributed by atoms with Crippen LogP contribution in [0, 0.1) is 11.3 Å². The zero-order valence-corrected chi connectivity index (χ0v) is 8.57. The second-order valence-corrected chi connectivity index (χ2v) is 3.71. The van der Waals surface area contributed by atoms with Gasteiger partial charge in [-0.05, 0) is 18.9 Å². The Morgan fingerprint density at radius 1 is 1.40 bits per heavy atom. The predicted molar refractivity (Wildman–Crippen MR) is 57.4 cm³/mol. The zero-order valence-electron chi connectivity index (χ0n) is 8.57. The maximum Gasteiger partial charge on any atom is 0.174 e. The Hall–Kier alpha value is -1.53. The van der Waals surface area contributed by atoms with Crippen LogP contribution in [0.1, 0.15) is 18.4 Å². The smallest absolute Gasteiger partial charge is 0.174 e. The van der Waals surface area contributed by atoms with Crippen molar-refractivity contribution < 1.29 is 4.74 Å². The van der Waals surface area contributed by atoms with E-state index in [-0.39, 0.29) is 6.61 Å². The average molecular weight is 202 g/mol. The van der Waals surface area contributed by atoms with E-state index >= 15 is 0 Å². The number of benzene rings is 1. The van der Waals surface area contributed by atoms with Gasteiger partial charge in [-0.3, -0.25) is 0 Å². The molecule has 0 amide bonds. The third-order valence-corrected chi connectivity index (χ3v) is 2.42. The summed E-state index contributed by atoms with van der Waals surface area (Å²) in [6.45, 7) is 0.937. The van der Waals surface area contributed by atoms with Gasteiger partial charge in [-0.2, -0.15) is 5.26 Å². The average Bonchev–Trinajstić information content (AvgIpc) is 3.08. The first-order chi connectivity index (χ1) is 7.40. The van der Waals surface area contributed by atoms with Gasteiger partial charge in [0.2, 0.25) is 0 Å². The standard InChI is InChI=1S/C12H14N2O/c13-7-8-15-12-4-2-1-3-10(12)9-14-11-5-6-11/h1-4,11,14H,5-6,8-9H2. The van der Waals surface area contributed by atoms with Gasteiger partial charge in [-0.1, -0.05) is 18.2 Å². The van der Waals surface area contributed by atoms with Gasteiger partial charge in [-0.25, -0.2) is 0 Å². The Morgan fingerprint density at radius 2 is 2.20 bits per heavy atom. The maximum absolute atomic E-state index is 8.46. The highest BCUT2D eigenvalue weighted by molar-refractivity contribution is 5.33. The molecule has 1 aliphatic rings. The molecule has 3 heteroatoms. The molecule has 78 valence electrons. The second kappa shape index (κ2) is 4.81. The van der Waals surface area contributed by atoms with Gasteiger partial charge in [0.05, 0.1) is 0 Å². The van der Waals surface area contributed by atoms with Crippen molar-refractivity contribution in [2.45, 2.75) is 25.4 Å². The minimum atomic E-state index is 0.112. The molecule has 1 N–H and O–H groups in total. The van der Waals surface area contributed by atoms with Crippen LogP contribution in [0.2, 0.25) is 0 Å². The summed E-state index contributed by atoms with van der Waals surface area (Å²) >= 11 is 0. The van der Waals surface area contributed by atoms with Crippen molar-refractivity contribution in [3.05, 3.63) is 29.8 Å². The van der Waals surface area contributed by atoms with Crippen molar-refractivity contribution in [1.29, 1.82) is 5.26 Å². The Balaban J connectivity index is 1.96. The fraction of sp³-hybridized carbons (Fsp3) is 0.417. The van der Waals surface area contributed by atoms with Crippen LogP contribution in [0.15, 0.2) is 24.3 Å². The van der Waals surface area contributed by atoms with Crippen LogP contribution >= 0.6 is 0 Å². The normalized spacial score (nSPS) is 14.6. The van der Waals surface area contributed by atoms with E-state index in [9.17, 15) is 0 Å². The summed E-state index contributed by atoms with van der Waals surface area (Å²) in [5.74, 6) is 0.812. The van der Waals surface area contributed by atoms with Gasteiger partial charge in [0.1, 0.15) is 11.8 Å². The number of ether oxygens (including phenoxy) is 1. The van der Waals surface area contributed by atoms with E-state index < -0.39 is 0 Å². The van der Waals surface area contributed by atoms with E-state index in [1.807, 2.05) is 30.3 Å². The molecule has 2 rings (SSSR count). The van der Waals surface area contributed by atoms with Crippen molar-refractivity contribution in [1.82, 2.24) is 5.32 Å². The van der Waals surface area contributed by atoms with Crippen LogP contribution < -0.4 is 10.1 Å². The molecule has 1 fully saturated rings. The van der Waals surface area contributed by atoms with E-state index in [1.165, 1.54) is 12.8 Å². The van der Waals surface area contributed by atoms with Gasteiger partial charge >= 0.3 is 0 Å². The molecular weight excluding hydrogens is 188 g/mol. The lowest BCUT2D eigenvalue weighted by atomic mass is 10.2. The summed E-state index contributed by atoms with van der Waals surface area (Å²) < 4.78 is 5.34. The lowest BCUT2D eigenvalue weighted by Crippen LogP contribution is -2.16. The van der Waals surface area contributed by atoms with E-state index in [0.29, 0.717) is 6.04 Å². The number of para-hydroxylation sites is 1. The monoisotopic (exact) mass is 202 g/mol. The highest BCUT2D eigenvalue weighted by Crippen LogP contribution is 2.22. The Morgan fingerprint density at radius 3 is 2.93 bits per heavy atom. The molecule has 1 aromatic rings. The topological polar surface area (TPSA) is 45.0 Å². The molecule has 1 saturated carbocycles. The Kier molecular flexibility index (Phi) is 3.21. The largest absolute Gasteiger partial charge is 0.478 e. The highest BCUT2D eigenvalue weighted by atomic mass is 16.5. The van der Waals surface area contributed by atoms with Crippen LogP contribution in [0.4, 0.5) is 0 Å². The third kappa shape index (κ3) is 2.97.